The van der Waals surface area contributed by atoms with E-state index in [2.05, 4.69) is 5.10 Å². The molecule has 66 valence electrons. The topological polar surface area (TPSA) is 65.7 Å². The molecule has 4 nitrogen and oxygen atoms in total. The number of hydrogen-bond acceptors (Lipinski definition) is 1. The minimum atomic E-state index is -0.490. The van der Waals surface area contributed by atoms with E-state index in [0.717, 1.165) is 12.3 Å². The zero-order valence-corrected chi connectivity index (χ0v) is 6.57. The van der Waals surface area contributed by atoms with Crippen LogP contribution >= 0.6 is 0 Å². The lowest BCUT2D eigenvalue weighted by molar-refractivity contribution is -0.485. The standard InChI is InChI=1S/C8H6FN3O/c9-7-3-1-2-6(4-7)8(13)5-11-12-10/h1-5,12H. The first kappa shape index (κ1) is 9.18. The number of carbonyl (C=O) groups excluding carboxylic acids is 1. The Morgan fingerprint density at radius 3 is 3.00 bits per heavy atom. The number of hydrazone groups is 1. The van der Waals surface area contributed by atoms with Gasteiger partial charge in [0, 0.05) is 11.8 Å². The van der Waals surface area contributed by atoms with E-state index in [1.165, 1.54) is 23.4 Å². The molecule has 0 saturated carbocycles. The van der Waals surface area contributed by atoms with E-state index in [9.17, 15) is 9.18 Å². The number of rotatable bonds is 3. The largest absolute Gasteiger partial charge is 0.289 e. The number of hydrogen-bond donors (Lipinski definition) is 1. The summed E-state index contributed by atoms with van der Waals surface area (Å²) in [6.07, 6.45) is 0.856. The lowest BCUT2D eigenvalue weighted by Crippen LogP contribution is -2.54. The predicted molar refractivity (Wildman–Crippen MR) is 43.5 cm³/mol. The van der Waals surface area contributed by atoms with Gasteiger partial charge in [-0.15, -0.1) is 0 Å². The van der Waals surface area contributed by atoms with Gasteiger partial charge in [-0.1, -0.05) is 12.1 Å². The van der Waals surface area contributed by atoms with Crippen LogP contribution in [0.1, 0.15) is 10.4 Å². The van der Waals surface area contributed by atoms with Crippen molar-refractivity contribution in [1.29, 1.82) is 0 Å². The molecule has 0 aromatic heterocycles. The fraction of sp³-hybridized carbons (Fsp3) is 0. The average Bonchev–Trinajstić information content (AvgIpc) is 2.14. The van der Waals surface area contributed by atoms with Crippen LogP contribution in [0.25, 0.3) is 5.53 Å². The molecule has 1 aromatic rings. The van der Waals surface area contributed by atoms with Crippen molar-refractivity contribution >= 4 is 12.0 Å². The number of Topliss-reactive ketones (excluding diaryl/α,β-unsaturated/α-hetero) is 1. The highest BCUT2D eigenvalue weighted by molar-refractivity contribution is 6.35. The molecule has 0 aliphatic rings. The van der Waals surface area contributed by atoms with Gasteiger partial charge >= 0.3 is 0 Å². The van der Waals surface area contributed by atoms with Crippen LogP contribution in [0.2, 0.25) is 0 Å². The molecular formula is C8H6FN3O. The Balaban J connectivity index is 2.89. The quantitative estimate of drug-likeness (QED) is 0.304. The molecule has 0 unspecified atom stereocenters. The van der Waals surface area contributed by atoms with Gasteiger partial charge < -0.3 is 0 Å². The molecule has 1 aromatic carbocycles. The second kappa shape index (κ2) is 4.20. The van der Waals surface area contributed by atoms with E-state index < -0.39 is 11.6 Å². The second-order valence-corrected chi connectivity index (χ2v) is 2.23. The molecule has 0 bridgehead atoms. The first-order valence-electron chi connectivity index (χ1n) is 3.46. The third-order valence-electron chi connectivity index (χ3n) is 1.35. The fourth-order valence-corrected chi connectivity index (χ4v) is 0.804. The van der Waals surface area contributed by atoms with Crippen molar-refractivity contribution in [3.05, 3.63) is 41.2 Å². The molecule has 0 spiro atoms. The maximum atomic E-state index is 12.6. The van der Waals surface area contributed by atoms with Crippen molar-refractivity contribution < 1.29 is 14.4 Å². The molecule has 0 atom stereocenters. The summed E-state index contributed by atoms with van der Waals surface area (Å²) < 4.78 is 12.6. The molecule has 13 heavy (non-hydrogen) atoms. The van der Waals surface area contributed by atoms with Crippen LogP contribution < -0.4 is 5.22 Å². The Morgan fingerprint density at radius 1 is 1.62 bits per heavy atom. The summed E-state index contributed by atoms with van der Waals surface area (Å²) in [7, 11) is 0. The van der Waals surface area contributed by atoms with E-state index in [0.29, 0.717) is 0 Å². The summed E-state index contributed by atoms with van der Waals surface area (Å²) in [5.74, 6) is -0.975. The molecule has 0 aliphatic carbocycles. The number of nitrogens with zero attached hydrogens (tertiary/aromatic N) is 2. The minimum Gasteiger partial charge on any atom is -0.289 e. The van der Waals surface area contributed by atoms with Crippen LogP contribution in [0, 0.1) is 5.82 Å². The van der Waals surface area contributed by atoms with Gasteiger partial charge in [0.05, 0.1) is 0 Å². The van der Waals surface area contributed by atoms with Crippen LogP contribution in [0.3, 0.4) is 0 Å². The smallest absolute Gasteiger partial charge is 0.187 e. The van der Waals surface area contributed by atoms with Gasteiger partial charge in [0.15, 0.2) is 5.78 Å². The van der Waals surface area contributed by atoms with E-state index in [1.807, 2.05) is 0 Å². The molecule has 1 N–H and O–H groups in total. The average molecular weight is 179 g/mol. The van der Waals surface area contributed by atoms with Crippen molar-refractivity contribution in [2.75, 3.05) is 0 Å². The van der Waals surface area contributed by atoms with E-state index in [1.54, 1.807) is 0 Å². The minimum absolute atomic E-state index is 0.180. The Bertz CT molecular complexity index is 362. The zero-order valence-electron chi connectivity index (χ0n) is 6.57. The molecule has 0 fully saturated rings. The van der Waals surface area contributed by atoms with Crippen molar-refractivity contribution in [2.45, 2.75) is 0 Å². The molecule has 5 heteroatoms. The highest BCUT2D eigenvalue weighted by Gasteiger charge is 2.01. The summed E-state index contributed by atoms with van der Waals surface area (Å²) in [6.45, 7) is 0. The summed E-state index contributed by atoms with van der Waals surface area (Å²) in [5, 5.41) is 4.52. The van der Waals surface area contributed by atoms with Gasteiger partial charge in [-0.05, 0) is 12.1 Å². The molecule has 1 rings (SSSR count). The summed E-state index contributed by atoms with van der Waals surface area (Å²) in [4.78, 5) is 11.1. The number of nitrogens with one attached hydrogen (secondary N) is 1. The first-order chi connectivity index (χ1) is 6.24. The Kier molecular flexibility index (Phi) is 2.97. The van der Waals surface area contributed by atoms with Crippen LogP contribution in [-0.4, -0.2) is 12.0 Å². The first-order valence-corrected chi connectivity index (χ1v) is 3.46. The lowest BCUT2D eigenvalue weighted by Gasteiger charge is -1.94. The van der Waals surface area contributed by atoms with Crippen LogP contribution in [-0.2, 0) is 0 Å². The van der Waals surface area contributed by atoms with Gasteiger partial charge in [0.2, 0.25) is 0 Å². The zero-order chi connectivity index (χ0) is 9.68. The van der Waals surface area contributed by atoms with Gasteiger partial charge in [-0.25, -0.2) is 4.39 Å². The summed E-state index contributed by atoms with van der Waals surface area (Å²) >= 11 is 0. The number of benzene rings is 1. The Morgan fingerprint density at radius 2 is 2.38 bits per heavy atom. The molecule has 0 amide bonds. The number of carbonyl (C=O) groups is 1. The van der Waals surface area contributed by atoms with Crippen molar-refractivity contribution in [3.63, 3.8) is 0 Å². The van der Waals surface area contributed by atoms with Gasteiger partial charge in [0.25, 0.3) is 0 Å². The van der Waals surface area contributed by atoms with Crippen molar-refractivity contribution in [1.82, 2.24) is 0 Å². The molecular weight excluding hydrogens is 173 g/mol. The van der Waals surface area contributed by atoms with E-state index in [4.69, 9.17) is 5.53 Å². The maximum absolute atomic E-state index is 12.6. The SMILES string of the molecule is [N-]=[NH+]N=CC(=O)c1cccc(F)c1. The summed E-state index contributed by atoms with van der Waals surface area (Å²) in [5.41, 5.74) is 8.22. The van der Waals surface area contributed by atoms with E-state index in [-0.39, 0.29) is 5.56 Å². The third-order valence-corrected chi connectivity index (χ3v) is 1.35. The summed E-state index contributed by atoms with van der Waals surface area (Å²) in [6, 6.07) is 5.20. The Hall–Kier alpha value is -1.91. The molecule has 0 saturated heterocycles. The van der Waals surface area contributed by atoms with Gasteiger partial charge in [-0.3, -0.25) is 4.79 Å². The maximum Gasteiger partial charge on any atom is 0.187 e. The van der Waals surface area contributed by atoms with E-state index >= 15 is 0 Å². The number of halogens is 1. The predicted octanol–water partition coefficient (Wildman–Crippen LogP) is 0.0964. The Labute approximate surface area is 73.6 Å². The van der Waals surface area contributed by atoms with Crippen molar-refractivity contribution in [2.24, 2.45) is 5.10 Å². The van der Waals surface area contributed by atoms with Gasteiger partial charge in [0.1, 0.15) is 5.82 Å². The van der Waals surface area contributed by atoms with Crippen molar-refractivity contribution in [3.8, 4) is 0 Å². The normalized spacial score (nSPS) is 10.2. The molecule has 0 aliphatic heterocycles. The van der Waals surface area contributed by atoms with Gasteiger partial charge in [-0.2, -0.15) is 15.9 Å². The monoisotopic (exact) mass is 179 g/mol. The molecule has 0 radical (unpaired) electrons. The molecule has 0 heterocycles. The highest BCUT2D eigenvalue weighted by Crippen LogP contribution is 2.02. The van der Waals surface area contributed by atoms with Crippen LogP contribution in [0.5, 0.6) is 0 Å². The second-order valence-electron chi connectivity index (χ2n) is 2.23. The van der Waals surface area contributed by atoms with Crippen LogP contribution in [0.4, 0.5) is 4.39 Å². The third kappa shape index (κ3) is 2.55. The highest BCUT2D eigenvalue weighted by atomic mass is 19.1. The number of ketones is 1. The fourth-order valence-electron chi connectivity index (χ4n) is 0.804. The van der Waals surface area contributed by atoms with Crippen LogP contribution in [0.15, 0.2) is 29.4 Å². The lowest BCUT2D eigenvalue weighted by atomic mass is 10.1.